The number of fused-ring (bicyclic) bond motifs is 1. The van der Waals surface area contributed by atoms with Crippen molar-refractivity contribution in [2.45, 2.75) is 58.2 Å². The van der Waals surface area contributed by atoms with Gasteiger partial charge in [-0.3, -0.25) is 4.90 Å². The van der Waals surface area contributed by atoms with Gasteiger partial charge in [0.25, 0.3) is 0 Å². The molecule has 0 amide bonds. The van der Waals surface area contributed by atoms with E-state index >= 15 is 0 Å². The number of carboxylic acid groups (broad SMARTS) is 1. The maximum absolute atomic E-state index is 14.2. The van der Waals surface area contributed by atoms with Gasteiger partial charge < -0.3 is 14.5 Å². The van der Waals surface area contributed by atoms with Gasteiger partial charge in [0, 0.05) is 56.5 Å². The molecule has 1 saturated heterocycles. The van der Waals surface area contributed by atoms with Crippen molar-refractivity contribution in [1.82, 2.24) is 9.47 Å². The normalized spacial score (nSPS) is 18.0. The Balaban J connectivity index is 1.27. The van der Waals surface area contributed by atoms with Crippen LogP contribution in [-0.2, 0) is 11.4 Å². The predicted octanol–water partition coefficient (Wildman–Crippen LogP) is 5.53. The molecule has 1 fully saturated rings. The number of aromatic carboxylic acids is 1. The van der Waals surface area contributed by atoms with Gasteiger partial charge in [-0.1, -0.05) is 17.3 Å². The summed E-state index contributed by atoms with van der Waals surface area (Å²) in [6.07, 6.45) is 4.64. The molecule has 0 unspecified atom stereocenters. The second kappa shape index (κ2) is 8.55. The highest BCUT2D eigenvalue weighted by Crippen LogP contribution is 2.37. The van der Waals surface area contributed by atoms with Crippen LogP contribution in [0.15, 0.2) is 47.8 Å². The molecule has 1 spiro atoms. The molecule has 3 aromatic rings. The van der Waals surface area contributed by atoms with Gasteiger partial charge in [-0.2, -0.15) is 0 Å². The van der Waals surface area contributed by atoms with Crippen molar-refractivity contribution >= 4 is 22.6 Å². The van der Waals surface area contributed by atoms with Crippen LogP contribution >= 0.6 is 0 Å². The molecule has 0 bridgehead atoms. The second-order valence-electron chi connectivity index (χ2n) is 9.92. The zero-order chi connectivity index (χ0) is 24.0. The molecule has 178 valence electrons. The van der Waals surface area contributed by atoms with E-state index in [4.69, 9.17) is 9.94 Å². The third-order valence-corrected chi connectivity index (χ3v) is 7.19. The second-order valence-corrected chi connectivity index (χ2v) is 9.92. The number of piperidine rings is 1. The number of carbonyl (C=O) groups is 1. The number of halogens is 1. The first-order valence-electron chi connectivity index (χ1n) is 11.9. The van der Waals surface area contributed by atoms with E-state index in [1.54, 1.807) is 36.4 Å². The first-order chi connectivity index (χ1) is 16.2. The average Bonchev–Trinajstić information content (AvgIpc) is 3.38. The Labute approximate surface area is 198 Å². The summed E-state index contributed by atoms with van der Waals surface area (Å²) >= 11 is 0. The highest BCUT2D eigenvalue weighted by Gasteiger charge is 2.42. The van der Waals surface area contributed by atoms with Crippen LogP contribution < -0.4 is 0 Å². The molecule has 2 aliphatic heterocycles. The summed E-state index contributed by atoms with van der Waals surface area (Å²) in [7, 11) is 0. The van der Waals surface area contributed by atoms with Crippen molar-refractivity contribution in [3.63, 3.8) is 0 Å². The smallest absolute Gasteiger partial charge is 0.335 e. The lowest BCUT2D eigenvalue weighted by Gasteiger charge is -2.37. The van der Waals surface area contributed by atoms with E-state index < -0.39 is 5.97 Å². The number of oxime groups is 1. The van der Waals surface area contributed by atoms with Gasteiger partial charge in [-0.15, -0.1) is 0 Å². The van der Waals surface area contributed by atoms with Gasteiger partial charge in [0.15, 0.2) is 0 Å². The number of hydrogen-bond acceptors (Lipinski definition) is 4. The van der Waals surface area contributed by atoms with Gasteiger partial charge in [0.2, 0.25) is 0 Å². The number of aryl methyl sites for hydroxylation is 1. The minimum Gasteiger partial charge on any atom is -0.478 e. The van der Waals surface area contributed by atoms with Crippen molar-refractivity contribution in [3.8, 4) is 0 Å². The lowest BCUT2D eigenvalue weighted by Crippen LogP contribution is -2.44. The Morgan fingerprint density at radius 3 is 2.56 bits per heavy atom. The number of hydrogen-bond donors (Lipinski definition) is 1. The SMILES string of the molecule is Cc1cc(F)cc2c(CN3CCC4(CC3)CC(c3ccc(C(=O)O)cc3)=NO4)cn(C(C)C)c12. The Bertz CT molecular complexity index is 1270. The van der Waals surface area contributed by atoms with E-state index in [1.165, 1.54) is 0 Å². The zero-order valence-corrected chi connectivity index (χ0v) is 19.8. The highest BCUT2D eigenvalue weighted by atomic mass is 19.1. The molecule has 0 saturated carbocycles. The van der Waals surface area contributed by atoms with Crippen molar-refractivity contribution in [2.75, 3.05) is 13.1 Å². The van der Waals surface area contributed by atoms with Crippen LogP contribution in [0.5, 0.6) is 0 Å². The maximum Gasteiger partial charge on any atom is 0.335 e. The summed E-state index contributed by atoms with van der Waals surface area (Å²) in [5.74, 6) is -1.12. The Morgan fingerprint density at radius 2 is 1.91 bits per heavy atom. The monoisotopic (exact) mass is 463 g/mol. The number of rotatable bonds is 5. The molecule has 1 aromatic heterocycles. The molecule has 1 N–H and O–H groups in total. The number of benzene rings is 2. The Morgan fingerprint density at radius 1 is 1.21 bits per heavy atom. The molecule has 5 rings (SSSR count). The minimum atomic E-state index is -0.936. The lowest BCUT2D eigenvalue weighted by molar-refractivity contribution is -0.0626. The number of aromatic nitrogens is 1. The number of likely N-dealkylation sites (tertiary alicyclic amines) is 1. The van der Waals surface area contributed by atoms with Gasteiger partial charge in [-0.05, 0) is 61.7 Å². The summed E-state index contributed by atoms with van der Waals surface area (Å²) in [5.41, 5.74) is 4.98. The molecule has 6 nitrogen and oxygen atoms in total. The van der Waals surface area contributed by atoms with Gasteiger partial charge in [0.05, 0.1) is 16.8 Å². The van der Waals surface area contributed by atoms with E-state index in [9.17, 15) is 9.18 Å². The summed E-state index contributed by atoms with van der Waals surface area (Å²) < 4.78 is 16.5. The fourth-order valence-corrected chi connectivity index (χ4v) is 5.27. The van der Waals surface area contributed by atoms with Crippen molar-refractivity contribution in [2.24, 2.45) is 5.16 Å². The molecule has 0 atom stereocenters. The number of carboxylic acids is 1. The molecule has 2 aromatic carbocycles. The topological polar surface area (TPSA) is 67.1 Å². The predicted molar refractivity (Wildman–Crippen MR) is 130 cm³/mol. The van der Waals surface area contributed by atoms with Gasteiger partial charge >= 0.3 is 5.97 Å². The van der Waals surface area contributed by atoms with E-state index in [0.29, 0.717) is 6.04 Å². The molecule has 0 aliphatic carbocycles. The Hall–Kier alpha value is -3.19. The summed E-state index contributed by atoms with van der Waals surface area (Å²) in [4.78, 5) is 19.5. The molecular weight excluding hydrogens is 433 g/mol. The quantitative estimate of drug-likeness (QED) is 0.541. The minimum absolute atomic E-state index is 0.189. The Kier molecular flexibility index (Phi) is 5.68. The molecule has 34 heavy (non-hydrogen) atoms. The van der Waals surface area contributed by atoms with E-state index in [-0.39, 0.29) is 17.0 Å². The lowest BCUT2D eigenvalue weighted by atomic mass is 9.85. The standard InChI is InChI=1S/C27H30FN3O3/c1-17(2)31-16-21(23-13-22(28)12-18(3)25(23)31)15-30-10-8-27(9-11-30)14-24(29-34-27)19-4-6-20(7-5-19)26(32)33/h4-7,12-13,16-17H,8-11,14-15H2,1-3H3,(H,32,33). The largest absolute Gasteiger partial charge is 0.478 e. The molecule has 3 heterocycles. The third-order valence-electron chi connectivity index (χ3n) is 7.19. The molecular formula is C27H30FN3O3. The molecule has 7 heteroatoms. The van der Waals surface area contributed by atoms with Crippen LogP contribution in [0.3, 0.4) is 0 Å². The van der Waals surface area contributed by atoms with E-state index in [1.807, 2.05) is 6.92 Å². The fraction of sp³-hybridized carbons (Fsp3) is 0.407. The van der Waals surface area contributed by atoms with Crippen LogP contribution in [0, 0.1) is 12.7 Å². The van der Waals surface area contributed by atoms with E-state index in [2.05, 4.69) is 34.7 Å². The van der Waals surface area contributed by atoms with Crippen LogP contribution in [0.1, 0.15) is 66.2 Å². The van der Waals surface area contributed by atoms with Crippen LogP contribution in [0.25, 0.3) is 10.9 Å². The fourth-order valence-electron chi connectivity index (χ4n) is 5.27. The van der Waals surface area contributed by atoms with Crippen molar-refractivity contribution in [1.29, 1.82) is 0 Å². The maximum atomic E-state index is 14.2. The summed E-state index contributed by atoms with van der Waals surface area (Å²) in [6.45, 7) is 8.82. The van der Waals surface area contributed by atoms with Crippen LogP contribution in [-0.4, -0.2) is 44.9 Å². The highest BCUT2D eigenvalue weighted by molar-refractivity contribution is 6.02. The van der Waals surface area contributed by atoms with Gasteiger partial charge in [0.1, 0.15) is 11.4 Å². The summed E-state index contributed by atoms with van der Waals surface area (Å²) in [5, 5.41) is 14.5. The van der Waals surface area contributed by atoms with Crippen molar-refractivity contribution < 1.29 is 19.1 Å². The molecule has 0 radical (unpaired) electrons. The first kappa shape index (κ1) is 22.6. The van der Waals surface area contributed by atoms with Crippen LogP contribution in [0.2, 0.25) is 0 Å². The van der Waals surface area contributed by atoms with E-state index in [0.717, 1.165) is 72.2 Å². The average molecular weight is 464 g/mol. The third kappa shape index (κ3) is 4.09. The van der Waals surface area contributed by atoms with Gasteiger partial charge in [-0.25, -0.2) is 9.18 Å². The van der Waals surface area contributed by atoms with Crippen molar-refractivity contribution in [3.05, 3.63) is 70.7 Å². The zero-order valence-electron chi connectivity index (χ0n) is 19.8. The first-order valence-corrected chi connectivity index (χ1v) is 11.9. The summed E-state index contributed by atoms with van der Waals surface area (Å²) in [6, 6.07) is 10.4. The molecule has 2 aliphatic rings. The number of nitrogens with zero attached hydrogens (tertiary/aromatic N) is 3. The van der Waals surface area contributed by atoms with Crippen LogP contribution in [0.4, 0.5) is 4.39 Å².